The van der Waals surface area contributed by atoms with Crippen molar-refractivity contribution < 1.29 is 4.39 Å². The van der Waals surface area contributed by atoms with Gasteiger partial charge in [-0.05, 0) is 36.8 Å². The molecule has 0 radical (unpaired) electrons. The summed E-state index contributed by atoms with van der Waals surface area (Å²) in [5, 5.41) is 0. The fourth-order valence-electron chi connectivity index (χ4n) is 2.09. The minimum absolute atomic E-state index is 0.292. The van der Waals surface area contributed by atoms with Crippen LogP contribution >= 0.6 is 0 Å². The van der Waals surface area contributed by atoms with E-state index in [9.17, 15) is 4.39 Å². The number of imidazole rings is 1. The van der Waals surface area contributed by atoms with Gasteiger partial charge in [-0.2, -0.15) is 0 Å². The maximum absolute atomic E-state index is 13.9. The zero-order valence-corrected chi connectivity index (χ0v) is 9.89. The lowest BCUT2D eigenvalue weighted by Crippen LogP contribution is -2.03. The van der Waals surface area contributed by atoms with Crippen LogP contribution in [0.2, 0.25) is 0 Å². The maximum atomic E-state index is 13.9. The van der Waals surface area contributed by atoms with Crippen LogP contribution in [0.25, 0.3) is 16.7 Å². The molecular weight excluding hydrogens is 229 g/mol. The van der Waals surface area contributed by atoms with E-state index >= 15 is 0 Å². The van der Waals surface area contributed by atoms with Crippen molar-refractivity contribution in [3.63, 3.8) is 0 Å². The molecule has 3 aromatic rings. The fraction of sp³-hybridized carbons (Fsp3) is 0.0714. The Kier molecular flexibility index (Phi) is 2.30. The quantitative estimate of drug-likeness (QED) is 0.711. The first-order valence-electron chi connectivity index (χ1n) is 5.66. The van der Waals surface area contributed by atoms with Crippen LogP contribution in [0.15, 0.2) is 42.5 Å². The summed E-state index contributed by atoms with van der Waals surface area (Å²) in [5.41, 5.74) is 8.86. The van der Waals surface area contributed by atoms with Gasteiger partial charge >= 0.3 is 0 Å². The standard InChI is InChI=1S/C14H12FN3/c1-9-6-7-10(15)13(8-9)18-12-5-3-2-4-11(12)17-14(18)16/h2-8H,1H3,(H2,16,17). The number of aromatic nitrogens is 2. The van der Waals surface area contributed by atoms with Gasteiger partial charge in [0.2, 0.25) is 5.95 Å². The van der Waals surface area contributed by atoms with Crippen LogP contribution in [0.5, 0.6) is 0 Å². The van der Waals surface area contributed by atoms with Gasteiger partial charge in [0.25, 0.3) is 0 Å². The number of hydrogen-bond donors (Lipinski definition) is 1. The van der Waals surface area contributed by atoms with Crippen LogP contribution in [0.4, 0.5) is 10.3 Å². The second kappa shape index (κ2) is 3.84. The normalized spacial score (nSPS) is 11.0. The number of nitrogens with two attached hydrogens (primary N) is 1. The SMILES string of the molecule is Cc1ccc(F)c(-n2c(N)nc3ccccc32)c1. The molecule has 1 heterocycles. The van der Waals surface area contributed by atoms with E-state index in [2.05, 4.69) is 4.98 Å². The van der Waals surface area contributed by atoms with Crippen molar-refractivity contribution in [1.29, 1.82) is 0 Å². The molecule has 0 atom stereocenters. The molecule has 0 unspecified atom stereocenters. The molecule has 0 aliphatic heterocycles. The molecular formula is C14H12FN3. The Balaban J connectivity index is 2.37. The third-order valence-electron chi connectivity index (χ3n) is 2.93. The molecule has 0 saturated heterocycles. The van der Waals surface area contributed by atoms with E-state index in [0.717, 1.165) is 16.6 Å². The second-order valence-electron chi connectivity index (χ2n) is 4.25. The topological polar surface area (TPSA) is 43.8 Å². The Bertz CT molecular complexity index is 731. The molecule has 2 N–H and O–H groups in total. The zero-order valence-electron chi connectivity index (χ0n) is 9.89. The average molecular weight is 241 g/mol. The predicted molar refractivity (Wildman–Crippen MR) is 70.2 cm³/mol. The lowest BCUT2D eigenvalue weighted by Gasteiger charge is -2.08. The molecule has 0 amide bonds. The lowest BCUT2D eigenvalue weighted by molar-refractivity contribution is 0.619. The van der Waals surface area contributed by atoms with Gasteiger partial charge in [0.05, 0.1) is 16.7 Å². The third-order valence-corrected chi connectivity index (χ3v) is 2.93. The number of rotatable bonds is 1. The van der Waals surface area contributed by atoms with Crippen LogP contribution in [-0.2, 0) is 0 Å². The molecule has 1 aromatic heterocycles. The second-order valence-corrected chi connectivity index (χ2v) is 4.25. The van der Waals surface area contributed by atoms with E-state index in [-0.39, 0.29) is 5.82 Å². The molecule has 0 spiro atoms. The first kappa shape index (κ1) is 10.8. The Morgan fingerprint density at radius 2 is 1.94 bits per heavy atom. The van der Waals surface area contributed by atoms with Crippen molar-refractivity contribution in [3.05, 3.63) is 53.8 Å². The van der Waals surface area contributed by atoms with Crippen molar-refractivity contribution >= 4 is 17.0 Å². The molecule has 0 saturated carbocycles. The van der Waals surface area contributed by atoms with Crippen LogP contribution < -0.4 is 5.73 Å². The summed E-state index contributed by atoms with van der Waals surface area (Å²) >= 11 is 0. The number of para-hydroxylation sites is 2. The minimum Gasteiger partial charge on any atom is -0.369 e. The summed E-state index contributed by atoms with van der Waals surface area (Å²) in [6.07, 6.45) is 0. The average Bonchev–Trinajstić information content (AvgIpc) is 2.68. The highest BCUT2D eigenvalue weighted by molar-refractivity contribution is 5.80. The van der Waals surface area contributed by atoms with Crippen molar-refractivity contribution in [2.75, 3.05) is 5.73 Å². The number of nitrogens with zero attached hydrogens (tertiary/aromatic N) is 2. The molecule has 90 valence electrons. The summed E-state index contributed by atoms with van der Waals surface area (Å²) < 4.78 is 15.6. The number of aryl methyl sites for hydroxylation is 1. The van der Waals surface area contributed by atoms with Gasteiger partial charge in [-0.1, -0.05) is 18.2 Å². The summed E-state index contributed by atoms with van der Waals surface area (Å²) in [7, 11) is 0. The van der Waals surface area contributed by atoms with Crippen molar-refractivity contribution in [2.45, 2.75) is 6.92 Å². The monoisotopic (exact) mass is 241 g/mol. The number of anilines is 1. The molecule has 4 heteroatoms. The van der Waals surface area contributed by atoms with Crippen molar-refractivity contribution in [2.24, 2.45) is 0 Å². The zero-order chi connectivity index (χ0) is 12.7. The van der Waals surface area contributed by atoms with Crippen molar-refractivity contribution in [1.82, 2.24) is 9.55 Å². The third kappa shape index (κ3) is 1.54. The van der Waals surface area contributed by atoms with Gasteiger partial charge < -0.3 is 5.73 Å². The molecule has 0 aliphatic carbocycles. The van der Waals surface area contributed by atoms with Gasteiger partial charge in [0.15, 0.2) is 0 Å². The highest BCUT2D eigenvalue weighted by Gasteiger charge is 2.12. The molecule has 3 rings (SSSR count). The molecule has 0 aliphatic rings. The predicted octanol–water partition coefficient (Wildman–Crippen LogP) is 3.06. The van der Waals surface area contributed by atoms with E-state index in [1.54, 1.807) is 16.7 Å². The Morgan fingerprint density at radius 1 is 1.17 bits per heavy atom. The summed E-state index contributed by atoms with van der Waals surface area (Å²) in [5.74, 6) is -0.0175. The first-order chi connectivity index (χ1) is 8.66. The van der Waals surface area contributed by atoms with E-state index in [0.29, 0.717) is 11.6 Å². The Hall–Kier alpha value is -2.36. The Morgan fingerprint density at radius 3 is 2.78 bits per heavy atom. The molecule has 18 heavy (non-hydrogen) atoms. The summed E-state index contributed by atoms with van der Waals surface area (Å²) in [6, 6.07) is 12.4. The lowest BCUT2D eigenvalue weighted by atomic mass is 10.2. The van der Waals surface area contributed by atoms with Crippen LogP contribution in [-0.4, -0.2) is 9.55 Å². The van der Waals surface area contributed by atoms with Gasteiger partial charge in [-0.3, -0.25) is 4.57 Å². The highest BCUT2D eigenvalue weighted by Crippen LogP contribution is 2.25. The number of fused-ring (bicyclic) bond motifs is 1. The molecule has 3 nitrogen and oxygen atoms in total. The number of benzene rings is 2. The molecule has 0 fully saturated rings. The Labute approximate surface area is 104 Å². The number of nitrogen functional groups attached to an aromatic ring is 1. The highest BCUT2D eigenvalue weighted by atomic mass is 19.1. The summed E-state index contributed by atoms with van der Waals surface area (Å²) in [6.45, 7) is 1.91. The van der Waals surface area contributed by atoms with Crippen molar-refractivity contribution in [3.8, 4) is 5.69 Å². The van der Waals surface area contributed by atoms with Gasteiger partial charge in [0, 0.05) is 0 Å². The summed E-state index contributed by atoms with van der Waals surface area (Å²) in [4.78, 5) is 4.23. The molecule has 0 bridgehead atoms. The largest absolute Gasteiger partial charge is 0.369 e. The first-order valence-corrected chi connectivity index (χ1v) is 5.66. The van der Waals surface area contributed by atoms with Gasteiger partial charge in [0.1, 0.15) is 5.82 Å². The van der Waals surface area contributed by atoms with Crippen LogP contribution in [0.1, 0.15) is 5.56 Å². The fourth-order valence-corrected chi connectivity index (χ4v) is 2.09. The van der Waals surface area contributed by atoms with Gasteiger partial charge in [-0.25, -0.2) is 9.37 Å². The number of hydrogen-bond acceptors (Lipinski definition) is 2. The van der Waals surface area contributed by atoms with E-state index < -0.39 is 0 Å². The van der Waals surface area contributed by atoms with E-state index in [1.807, 2.05) is 31.2 Å². The minimum atomic E-state index is -0.310. The molecule has 2 aromatic carbocycles. The van der Waals surface area contributed by atoms with Gasteiger partial charge in [-0.15, -0.1) is 0 Å². The van der Waals surface area contributed by atoms with Crippen LogP contribution in [0, 0.1) is 12.7 Å². The van der Waals surface area contributed by atoms with E-state index in [4.69, 9.17) is 5.73 Å². The van der Waals surface area contributed by atoms with E-state index in [1.165, 1.54) is 6.07 Å². The smallest absolute Gasteiger partial charge is 0.206 e. The van der Waals surface area contributed by atoms with Crippen LogP contribution in [0.3, 0.4) is 0 Å². The maximum Gasteiger partial charge on any atom is 0.206 e. The number of halogens is 1.